The van der Waals surface area contributed by atoms with Gasteiger partial charge in [0, 0.05) is 13.2 Å². The molecule has 0 bridgehead atoms. The molecule has 5 atom stereocenters. The normalized spacial score (nSPS) is 26.7. The smallest absolute Gasteiger partial charge is 0.229 e. The number of methoxy groups -OCH3 is 1. The minimum absolute atomic E-state index is 0.206. The van der Waals surface area contributed by atoms with Gasteiger partial charge in [0.15, 0.2) is 11.5 Å². The van der Waals surface area contributed by atoms with Gasteiger partial charge in [-0.05, 0) is 29.8 Å². The summed E-state index contributed by atoms with van der Waals surface area (Å²) in [4.78, 5) is 12.2. The Bertz CT molecular complexity index is 910. The number of carbonyl (C=O) groups excluding carboxylic acids is 1. The Morgan fingerprint density at radius 2 is 1.97 bits per heavy atom. The van der Waals surface area contributed by atoms with Gasteiger partial charge in [0.05, 0.1) is 13.7 Å². The third kappa shape index (κ3) is 4.53. The second-order valence-corrected chi connectivity index (χ2v) is 6.76. The number of benzene rings is 1. The molecule has 0 aliphatic carbocycles. The highest BCUT2D eigenvalue weighted by Gasteiger charge is 2.44. The van der Waals surface area contributed by atoms with E-state index < -0.39 is 37.3 Å². The van der Waals surface area contributed by atoms with Crippen LogP contribution in [0.4, 0.5) is 0 Å². The zero-order valence-electron chi connectivity index (χ0n) is 16.5. The minimum Gasteiger partial charge on any atom is -0.493 e. The monoisotopic (exact) mass is 420 g/mol. The molecule has 1 aromatic heterocycles. The molecule has 0 unspecified atom stereocenters. The van der Waals surface area contributed by atoms with Gasteiger partial charge in [-0.3, -0.25) is 9.48 Å². The number of aromatic nitrogens is 2. The van der Waals surface area contributed by atoms with Crippen LogP contribution in [0.5, 0.6) is 11.5 Å². The first kappa shape index (κ1) is 21.9. The Balaban J connectivity index is 1.75. The van der Waals surface area contributed by atoms with Crippen LogP contribution >= 0.6 is 0 Å². The van der Waals surface area contributed by atoms with Crippen molar-refractivity contribution in [1.82, 2.24) is 9.78 Å². The number of aliphatic hydroxyl groups is 4. The summed E-state index contributed by atoms with van der Waals surface area (Å²) in [5.74, 6) is 0.287. The number of hydrogen-bond donors (Lipinski definition) is 4. The maximum atomic E-state index is 12.2. The Hall–Kier alpha value is -2.76. The molecule has 1 fully saturated rings. The molecule has 3 rings (SSSR count). The summed E-state index contributed by atoms with van der Waals surface area (Å²) in [6.07, 6.45) is -2.43. The third-order valence-electron chi connectivity index (χ3n) is 4.78. The van der Waals surface area contributed by atoms with Crippen molar-refractivity contribution in [2.75, 3.05) is 13.7 Å². The molecule has 10 heteroatoms. The quantitative estimate of drug-likeness (QED) is 0.344. The summed E-state index contributed by atoms with van der Waals surface area (Å²) in [5.41, 5.74) is 1.10. The Morgan fingerprint density at radius 1 is 1.20 bits per heavy atom. The topological polar surface area (TPSA) is 144 Å². The molecule has 0 saturated carbocycles. The van der Waals surface area contributed by atoms with Crippen molar-refractivity contribution < 1.29 is 39.4 Å². The Kier molecular flexibility index (Phi) is 6.85. The Morgan fingerprint density at radius 3 is 2.60 bits per heavy atom. The number of aliphatic hydroxyl groups excluding tert-OH is 4. The number of hydrogen-bond acceptors (Lipinski definition) is 9. The zero-order valence-corrected chi connectivity index (χ0v) is 16.5. The van der Waals surface area contributed by atoms with E-state index in [9.17, 15) is 25.2 Å². The number of nitrogens with zero attached hydrogens (tertiary/aromatic N) is 2. The molecule has 0 spiro atoms. The van der Waals surface area contributed by atoms with Crippen LogP contribution in [0.2, 0.25) is 0 Å². The molecule has 4 N–H and O–H groups in total. The number of ketones is 1. The van der Waals surface area contributed by atoms with Crippen LogP contribution < -0.4 is 9.47 Å². The van der Waals surface area contributed by atoms with Crippen LogP contribution in [0.15, 0.2) is 36.5 Å². The van der Waals surface area contributed by atoms with Crippen molar-refractivity contribution in [3.05, 3.63) is 47.8 Å². The van der Waals surface area contributed by atoms with Crippen LogP contribution in [0, 0.1) is 0 Å². The molecule has 30 heavy (non-hydrogen) atoms. The van der Waals surface area contributed by atoms with Crippen molar-refractivity contribution >= 4 is 11.9 Å². The van der Waals surface area contributed by atoms with E-state index in [0.29, 0.717) is 17.0 Å². The summed E-state index contributed by atoms with van der Waals surface area (Å²) < 4.78 is 17.7. The van der Waals surface area contributed by atoms with Crippen molar-refractivity contribution in [2.24, 2.45) is 7.05 Å². The molecular weight excluding hydrogens is 396 g/mol. The van der Waals surface area contributed by atoms with E-state index in [-0.39, 0.29) is 11.5 Å². The number of rotatable bonds is 7. The van der Waals surface area contributed by atoms with Gasteiger partial charge in [-0.25, -0.2) is 0 Å². The van der Waals surface area contributed by atoms with Gasteiger partial charge >= 0.3 is 0 Å². The van der Waals surface area contributed by atoms with Gasteiger partial charge in [0.25, 0.3) is 0 Å². The van der Waals surface area contributed by atoms with Crippen molar-refractivity contribution in [2.45, 2.75) is 30.7 Å². The molecule has 0 amide bonds. The number of allylic oxidation sites excluding steroid dienone is 1. The van der Waals surface area contributed by atoms with E-state index in [1.807, 2.05) is 0 Å². The molecule has 1 aliphatic rings. The summed E-state index contributed by atoms with van der Waals surface area (Å²) in [5, 5.41) is 43.1. The van der Waals surface area contributed by atoms with Gasteiger partial charge in [-0.2, -0.15) is 5.10 Å². The summed E-state index contributed by atoms with van der Waals surface area (Å²) >= 11 is 0. The predicted molar refractivity (Wildman–Crippen MR) is 104 cm³/mol. The predicted octanol–water partition coefficient (Wildman–Crippen LogP) is -0.497. The van der Waals surface area contributed by atoms with Gasteiger partial charge in [0.2, 0.25) is 12.1 Å². The van der Waals surface area contributed by atoms with Crippen molar-refractivity contribution in [1.29, 1.82) is 0 Å². The highest BCUT2D eigenvalue weighted by atomic mass is 16.7. The molecule has 162 valence electrons. The number of aryl methyl sites for hydroxylation is 1. The average Bonchev–Trinajstić information content (AvgIpc) is 3.18. The first-order valence-electron chi connectivity index (χ1n) is 9.21. The van der Waals surface area contributed by atoms with Crippen LogP contribution in [0.1, 0.15) is 16.1 Å². The molecule has 1 aromatic carbocycles. The second kappa shape index (κ2) is 9.37. The van der Waals surface area contributed by atoms with Crippen molar-refractivity contribution in [3.63, 3.8) is 0 Å². The molecule has 1 saturated heterocycles. The first-order valence-corrected chi connectivity index (χ1v) is 9.21. The van der Waals surface area contributed by atoms with Gasteiger partial charge in [0.1, 0.15) is 30.1 Å². The maximum Gasteiger partial charge on any atom is 0.229 e. The standard InChI is InChI=1S/C20H24N2O8/c1-22-12(7-8-21-22)13(24)5-3-11-4-6-14(15(9-11)28-2)29-20-19(27)18(26)17(25)16(10-23)30-20/h3-9,16-20,23,25-27H,10H2,1-2H3/t16-,17+,18+,19-,20+/m1/s1. The fourth-order valence-electron chi connectivity index (χ4n) is 3.05. The summed E-state index contributed by atoms with van der Waals surface area (Å²) in [6, 6.07) is 6.44. The van der Waals surface area contributed by atoms with Gasteiger partial charge in [-0.15, -0.1) is 0 Å². The lowest BCUT2D eigenvalue weighted by Crippen LogP contribution is -2.60. The highest BCUT2D eigenvalue weighted by Crippen LogP contribution is 2.32. The lowest BCUT2D eigenvalue weighted by Gasteiger charge is -2.39. The fraction of sp³-hybridized carbons (Fsp3) is 0.400. The fourth-order valence-corrected chi connectivity index (χ4v) is 3.05. The summed E-state index contributed by atoms with van der Waals surface area (Å²) in [6.45, 7) is -0.559. The summed E-state index contributed by atoms with van der Waals surface area (Å²) in [7, 11) is 3.10. The zero-order chi connectivity index (χ0) is 21.8. The molecular formula is C20H24N2O8. The van der Waals surface area contributed by atoms with E-state index in [2.05, 4.69) is 5.10 Å². The first-order chi connectivity index (χ1) is 14.3. The van der Waals surface area contributed by atoms with Crippen LogP contribution in [0.25, 0.3) is 6.08 Å². The van der Waals surface area contributed by atoms with E-state index in [0.717, 1.165) is 0 Å². The lowest BCUT2D eigenvalue weighted by atomic mass is 9.99. The molecule has 0 radical (unpaired) electrons. The van der Waals surface area contributed by atoms with E-state index in [4.69, 9.17) is 14.2 Å². The molecule has 2 aromatic rings. The van der Waals surface area contributed by atoms with E-state index in [1.165, 1.54) is 24.1 Å². The van der Waals surface area contributed by atoms with Crippen molar-refractivity contribution in [3.8, 4) is 11.5 Å². The maximum absolute atomic E-state index is 12.2. The SMILES string of the molecule is COc1cc(C=CC(=O)c2ccnn2C)ccc1O[C@H]1O[C@H](CO)[C@H](O)[C@H](O)[C@H]1O. The van der Waals surface area contributed by atoms with Crippen LogP contribution in [-0.4, -0.2) is 80.4 Å². The number of ether oxygens (including phenoxy) is 3. The molecule has 2 heterocycles. The highest BCUT2D eigenvalue weighted by molar-refractivity contribution is 6.05. The van der Waals surface area contributed by atoms with Crippen LogP contribution in [-0.2, 0) is 11.8 Å². The van der Waals surface area contributed by atoms with Crippen LogP contribution in [0.3, 0.4) is 0 Å². The lowest BCUT2D eigenvalue weighted by molar-refractivity contribution is -0.277. The third-order valence-corrected chi connectivity index (χ3v) is 4.78. The second-order valence-electron chi connectivity index (χ2n) is 6.76. The molecule has 1 aliphatic heterocycles. The average molecular weight is 420 g/mol. The molecule has 10 nitrogen and oxygen atoms in total. The van der Waals surface area contributed by atoms with Gasteiger partial charge < -0.3 is 34.6 Å². The minimum atomic E-state index is -1.55. The van der Waals surface area contributed by atoms with Gasteiger partial charge in [-0.1, -0.05) is 12.1 Å². The largest absolute Gasteiger partial charge is 0.493 e. The van der Waals surface area contributed by atoms with E-state index in [1.54, 1.807) is 37.4 Å². The van der Waals surface area contributed by atoms with E-state index >= 15 is 0 Å². The Labute approximate surface area is 172 Å². The number of carbonyl (C=O) groups is 1.